The fraction of sp³-hybridized carbons (Fsp3) is 0.500. The number of aromatic amines is 1. The molecule has 1 fully saturated rings. The van der Waals surface area contributed by atoms with Crippen LogP contribution in [0.2, 0.25) is 0 Å². The molecule has 1 aliphatic heterocycles. The molecule has 2 heterocycles. The molecule has 5 nitrogen and oxygen atoms in total. The Kier molecular flexibility index (Phi) is 3.93. The summed E-state index contributed by atoms with van der Waals surface area (Å²) in [5, 5.41) is 2.77. The van der Waals surface area contributed by atoms with Crippen molar-refractivity contribution >= 4 is 5.91 Å². The maximum absolute atomic E-state index is 11.7. The summed E-state index contributed by atoms with van der Waals surface area (Å²) in [6.45, 7) is 2.06. The van der Waals surface area contributed by atoms with Gasteiger partial charge in [0, 0.05) is 31.6 Å². The number of carbonyl (C=O) groups excluding carboxylic acids is 1. The zero-order valence-corrected chi connectivity index (χ0v) is 9.57. The lowest BCUT2D eigenvalue weighted by Gasteiger charge is -2.22. The van der Waals surface area contributed by atoms with E-state index in [0.717, 1.165) is 19.4 Å². The van der Waals surface area contributed by atoms with Crippen molar-refractivity contribution in [3.05, 3.63) is 34.2 Å². The van der Waals surface area contributed by atoms with Crippen LogP contribution in [0.4, 0.5) is 0 Å². The molecule has 0 aliphatic carbocycles. The van der Waals surface area contributed by atoms with Crippen LogP contribution in [0, 0.1) is 5.92 Å². The van der Waals surface area contributed by atoms with E-state index in [1.165, 1.54) is 18.5 Å². The van der Waals surface area contributed by atoms with Crippen LogP contribution in [0.15, 0.2) is 23.3 Å². The second-order valence-electron chi connectivity index (χ2n) is 4.22. The highest BCUT2D eigenvalue weighted by Gasteiger charge is 2.16. The molecule has 1 atom stereocenters. The van der Waals surface area contributed by atoms with Gasteiger partial charge in [0.1, 0.15) is 5.56 Å². The summed E-state index contributed by atoms with van der Waals surface area (Å²) in [4.78, 5) is 25.9. The maximum atomic E-state index is 11.7. The second kappa shape index (κ2) is 5.63. The van der Waals surface area contributed by atoms with Gasteiger partial charge in [-0.1, -0.05) is 0 Å². The topological polar surface area (TPSA) is 71.2 Å². The van der Waals surface area contributed by atoms with Gasteiger partial charge in [-0.05, 0) is 18.8 Å². The molecule has 17 heavy (non-hydrogen) atoms. The third-order valence-electron chi connectivity index (χ3n) is 2.87. The van der Waals surface area contributed by atoms with Crippen molar-refractivity contribution in [3.63, 3.8) is 0 Å². The molecule has 2 N–H and O–H groups in total. The lowest BCUT2D eigenvalue weighted by molar-refractivity contribution is 0.0536. The van der Waals surface area contributed by atoms with Crippen molar-refractivity contribution in [1.29, 1.82) is 0 Å². The third kappa shape index (κ3) is 3.17. The molecule has 5 heteroatoms. The van der Waals surface area contributed by atoms with Crippen molar-refractivity contribution in [2.45, 2.75) is 12.8 Å². The van der Waals surface area contributed by atoms with Gasteiger partial charge in [0.05, 0.1) is 6.61 Å². The molecular weight excluding hydrogens is 220 g/mol. The van der Waals surface area contributed by atoms with Crippen LogP contribution in [0.5, 0.6) is 0 Å². The Morgan fingerprint density at radius 3 is 3.18 bits per heavy atom. The first-order chi connectivity index (χ1) is 8.27. The van der Waals surface area contributed by atoms with E-state index >= 15 is 0 Å². The van der Waals surface area contributed by atoms with Gasteiger partial charge in [-0.25, -0.2) is 0 Å². The zero-order valence-electron chi connectivity index (χ0n) is 9.57. The van der Waals surface area contributed by atoms with Gasteiger partial charge in [-0.3, -0.25) is 9.59 Å². The third-order valence-corrected chi connectivity index (χ3v) is 2.87. The molecule has 0 bridgehead atoms. The molecule has 1 aromatic heterocycles. The smallest absolute Gasteiger partial charge is 0.256 e. The van der Waals surface area contributed by atoms with Crippen molar-refractivity contribution in [1.82, 2.24) is 10.3 Å². The Balaban J connectivity index is 1.89. The van der Waals surface area contributed by atoms with Gasteiger partial charge >= 0.3 is 0 Å². The van der Waals surface area contributed by atoms with Crippen molar-refractivity contribution in [2.24, 2.45) is 5.92 Å². The standard InChI is InChI=1S/C12H16N2O3/c15-11-3-4-13-7-10(11)12(16)14-6-9-2-1-5-17-8-9/h3-4,7,9H,1-2,5-6,8H2,(H,13,15)(H,14,16). The summed E-state index contributed by atoms with van der Waals surface area (Å²) < 4.78 is 5.32. The van der Waals surface area contributed by atoms with Crippen molar-refractivity contribution in [3.8, 4) is 0 Å². The molecule has 1 unspecified atom stereocenters. The largest absolute Gasteiger partial charge is 0.381 e. The van der Waals surface area contributed by atoms with E-state index in [9.17, 15) is 9.59 Å². The number of carbonyl (C=O) groups is 1. The predicted molar refractivity (Wildman–Crippen MR) is 62.9 cm³/mol. The quantitative estimate of drug-likeness (QED) is 0.804. The minimum absolute atomic E-state index is 0.157. The Morgan fingerprint density at radius 2 is 2.47 bits per heavy atom. The molecule has 0 radical (unpaired) electrons. The summed E-state index contributed by atoms with van der Waals surface area (Å²) >= 11 is 0. The van der Waals surface area contributed by atoms with Crippen molar-refractivity contribution < 1.29 is 9.53 Å². The molecule has 1 saturated heterocycles. The molecule has 2 rings (SSSR count). The van der Waals surface area contributed by atoms with Crippen LogP contribution in [0.3, 0.4) is 0 Å². The normalized spacial score (nSPS) is 19.9. The van der Waals surface area contributed by atoms with Crippen LogP contribution in [0.25, 0.3) is 0 Å². The van der Waals surface area contributed by atoms with Crippen LogP contribution in [-0.2, 0) is 4.74 Å². The van der Waals surface area contributed by atoms with Crippen LogP contribution in [0.1, 0.15) is 23.2 Å². The van der Waals surface area contributed by atoms with E-state index in [1.807, 2.05) is 0 Å². The van der Waals surface area contributed by atoms with Crippen LogP contribution < -0.4 is 10.7 Å². The Bertz CT molecular complexity index is 435. The molecule has 0 spiro atoms. The monoisotopic (exact) mass is 236 g/mol. The lowest BCUT2D eigenvalue weighted by atomic mass is 10.0. The fourth-order valence-corrected chi connectivity index (χ4v) is 1.89. The van der Waals surface area contributed by atoms with Gasteiger partial charge in [0.2, 0.25) is 0 Å². The highest BCUT2D eigenvalue weighted by Crippen LogP contribution is 2.12. The number of H-pyrrole nitrogens is 1. The highest BCUT2D eigenvalue weighted by molar-refractivity contribution is 5.93. The van der Waals surface area contributed by atoms with Crippen LogP contribution >= 0.6 is 0 Å². The summed E-state index contributed by atoms with van der Waals surface area (Å²) in [5.41, 5.74) is -0.106. The summed E-state index contributed by atoms with van der Waals surface area (Å²) in [6.07, 6.45) is 5.03. The molecule has 1 amide bonds. The van der Waals surface area contributed by atoms with E-state index < -0.39 is 0 Å². The zero-order chi connectivity index (χ0) is 12.1. The lowest BCUT2D eigenvalue weighted by Crippen LogP contribution is -2.35. The number of pyridine rings is 1. The first-order valence-corrected chi connectivity index (χ1v) is 5.80. The molecule has 92 valence electrons. The molecular formula is C12H16N2O3. The number of hydrogen-bond donors (Lipinski definition) is 2. The Labute approximate surface area is 99.2 Å². The van der Waals surface area contributed by atoms with Gasteiger partial charge in [0.15, 0.2) is 5.43 Å². The Hall–Kier alpha value is -1.62. The summed E-state index contributed by atoms with van der Waals surface area (Å²) in [7, 11) is 0. The molecule has 0 saturated carbocycles. The predicted octanol–water partition coefficient (Wildman–Crippen LogP) is 0.531. The van der Waals surface area contributed by atoms with E-state index in [-0.39, 0.29) is 16.9 Å². The maximum Gasteiger partial charge on any atom is 0.256 e. The number of amides is 1. The molecule has 1 aliphatic rings. The van der Waals surface area contributed by atoms with E-state index in [4.69, 9.17) is 4.74 Å². The number of nitrogens with one attached hydrogen (secondary N) is 2. The minimum Gasteiger partial charge on any atom is -0.381 e. The first-order valence-electron chi connectivity index (χ1n) is 5.80. The van der Waals surface area contributed by atoms with Crippen LogP contribution in [-0.4, -0.2) is 30.6 Å². The van der Waals surface area contributed by atoms with E-state index in [0.29, 0.717) is 19.1 Å². The van der Waals surface area contributed by atoms with Crippen molar-refractivity contribution in [2.75, 3.05) is 19.8 Å². The average Bonchev–Trinajstić information content (AvgIpc) is 2.38. The number of aromatic nitrogens is 1. The first kappa shape index (κ1) is 11.9. The minimum atomic E-state index is -0.322. The fourth-order valence-electron chi connectivity index (χ4n) is 1.89. The number of hydrogen-bond acceptors (Lipinski definition) is 3. The second-order valence-corrected chi connectivity index (χ2v) is 4.22. The van der Waals surface area contributed by atoms with Gasteiger partial charge in [-0.2, -0.15) is 0 Å². The molecule has 1 aromatic rings. The number of rotatable bonds is 3. The summed E-state index contributed by atoms with van der Waals surface area (Å²) in [5.74, 6) is 0.0351. The van der Waals surface area contributed by atoms with Gasteiger partial charge in [0.25, 0.3) is 5.91 Å². The summed E-state index contributed by atoms with van der Waals surface area (Å²) in [6, 6.07) is 1.35. The average molecular weight is 236 g/mol. The van der Waals surface area contributed by atoms with Gasteiger partial charge in [-0.15, -0.1) is 0 Å². The SMILES string of the molecule is O=C(NCC1CCCOC1)c1c[nH]ccc1=O. The number of ether oxygens (including phenoxy) is 1. The van der Waals surface area contributed by atoms with E-state index in [2.05, 4.69) is 10.3 Å². The van der Waals surface area contributed by atoms with E-state index in [1.54, 1.807) is 0 Å². The van der Waals surface area contributed by atoms with Gasteiger partial charge < -0.3 is 15.0 Å². The Morgan fingerprint density at radius 1 is 1.59 bits per heavy atom. The highest BCUT2D eigenvalue weighted by atomic mass is 16.5. The molecule has 0 aromatic carbocycles.